The minimum atomic E-state index is -1.44. The summed E-state index contributed by atoms with van der Waals surface area (Å²) in [7, 11) is 0. The maximum Gasteiger partial charge on any atom is 0.194 e. The zero-order chi connectivity index (χ0) is 13.1. The Morgan fingerprint density at radius 1 is 1.18 bits per heavy atom. The van der Waals surface area contributed by atoms with Crippen molar-refractivity contribution in [2.24, 2.45) is 5.10 Å². The number of hydrogen-bond acceptors (Lipinski definition) is 2. The molecule has 0 heterocycles. The minimum absolute atomic E-state index is 0.0726. The van der Waals surface area contributed by atoms with Crippen LogP contribution in [0.2, 0.25) is 0 Å². The van der Waals surface area contributed by atoms with Crippen LogP contribution in [0.15, 0.2) is 17.2 Å². The molecule has 5 heteroatoms. The van der Waals surface area contributed by atoms with Crippen LogP contribution in [0.1, 0.15) is 26.3 Å². The average Bonchev–Trinajstić information content (AvgIpc) is 2.22. The van der Waals surface area contributed by atoms with Crippen molar-refractivity contribution in [2.45, 2.75) is 32.7 Å². The SMILES string of the molecule is CC(C)(C)NN=CCc1ccc(F)c(F)c1F. The summed E-state index contributed by atoms with van der Waals surface area (Å²) in [6.07, 6.45) is 1.52. The van der Waals surface area contributed by atoms with E-state index < -0.39 is 17.5 Å². The molecule has 1 rings (SSSR count). The Kier molecular flexibility index (Phi) is 4.15. The summed E-state index contributed by atoms with van der Waals surface area (Å²) in [5, 5.41) is 3.87. The molecule has 17 heavy (non-hydrogen) atoms. The number of halogens is 3. The van der Waals surface area contributed by atoms with Gasteiger partial charge in [-0.25, -0.2) is 13.2 Å². The molecule has 94 valence electrons. The van der Waals surface area contributed by atoms with Crippen LogP contribution in [0.25, 0.3) is 0 Å². The molecular formula is C12H15F3N2. The highest BCUT2D eigenvalue weighted by atomic mass is 19.2. The van der Waals surface area contributed by atoms with E-state index in [0.717, 1.165) is 6.07 Å². The van der Waals surface area contributed by atoms with Crippen molar-refractivity contribution in [3.8, 4) is 0 Å². The topological polar surface area (TPSA) is 24.4 Å². The molecule has 0 saturated carbocycles. The van der Waals surface area contributed by atoms with Crippen LogP contribution in [0.4, 0.5) is 13.2 Å². The van der Waals surface area contributed by atoms with Gasteiger partial charge in [-0.15, -0.1) is 0 Å². The second-order valence-electron chi connectivity index (χ2n) is 4.71. The van der Waals surface area contributed by atoms with Crippen LogP contribution < -0.4 is 5.43 Å². The normalized spacial score (nSPS) is 12.1. The van der Waals surface area contributed by atoms with Gasteiger partial charge in [-0.2, -0.15) is 5.10 Å². The quantitative estimate of drug-likeness (QED) is 0.493. The molecule has 0 bridgehead atoms. The second-order valence-corrected chi connectivity index (χ2v) is 4.71. The third-order valence-electron chi connectivity index (χ3n) is 1.92. The number of hydrogen-bond donors (Lipinski definition) is 1. The molecule has 2 nitrogen and oxygen atoms in total. The Morgan fingerprint density at radius 2 is 1.82 bits per heavy atom. The summed E-state index contributed by atoms with van der Waals surface area (Å²) in [6.45, 7) is 5.76. The number of hydrazone groups is 1. The highest BCUT2D eigenvalue weighted by Crippen LogP contribution is 2.14. The second kappa shape index (κ2) is 5.21. The Hall–Kier alpha value is -1.52. The van der Waals surface area contributed by atoms with Crippen molar-refractivity contribution in [1.82, 2.24) is 5.43 Å². The molecule has 1 aromatic carbocycles. The molecule has 1 N–H and O–H groups in total. The Bertz CT molecular complexity index is 422. The Morgan fingerprint density at radius 3 is 2.41 bits per heavy atom. The Balaban J connectivity index is 2.68. The van der Waals surface area contributed by atoms with Crippen LogP contribution >= 0.6 is 0 Å². The molecule has 0 aliphatic rings. The van der Waals surface area contributed by atoms with E-state index in [4.69, 9.17) is 0 Å². The summed E-state index contributed by atoms with van der Waals surface area (Å²) < 4.78 is 38.7. The standard InChI is InChI=1S/C12H15F3N2/c1-12(2,3)17-16-7-6-8-4-5-9(13)11(15)10(8)14/h4-5,7,17H,6H2,1-3H3. The van der Waals surface area contributed by atoms with Gasteiger partial charge in [0.15, 0.2) is 17.5 Å². The largest absolute Gasteiger partial charge is 0.305 e. The maximum absolute atomic E-state index is 13.2. The van der Waals surface area contributed by atoms with Gasteiger partial charge in [0.25, 0.3) is 0 Å². The fourth-order valence-electron chi connectivity index (χ4n) is 1.11. The average molecular weight is 244 g/mol. The van der Waals surface area contributed by atoms with E-state index >= 15 is 0 Å². The smallest absolute Gasteiger partial charge is 0.194 e. The van der Waals surface area contributed by atoms with E-state index in [2.05, 4.69) is 10.5 Å². The van der Waals surface area contributed by atoms with E-state index in [1.54, 1.807) is 0 Å². The van der Waals surface area contributed by atoms with Crippen molar-refractivity contribution in [3.63, 3.8) is 0 Å². The molecular weight excluding hydrogens is 229 g/mol. The van der Waals surface area contributed by atoms with Crippen LogP contribution in [0, 0.1) is 17.5 Å². The first kappa shape index (κ1) is 13.5. The molecule has 0 fully saturated rings. The summed E-state index contributed by atoms with van der Waals surface area (Å²) >= 11 is 0. The number of nitrogens with one attached hydrogen (secondary N) is 1. The van der Waals surface area contributed by atoms with Crippen LogP contribution in [0.3, 0.4) is 0 Å². The first-order valence-electron chi connectivity index (χ1n) is 5.22. The van der Waals surface area contributed by atoms with Crippen molar-refractivity contribution < 1.29 is 13.2 Å². The van der Waals surface area contributed by atoms with E-state index in [9.17, 15) is 13.2 Å². The molecule has 0 unspecified atom stereocenters. The number of rotatable bonds is 3. The molecule has 0 aromatic heterocycles. The molecule has 0 amide bonds. The van der Waals surface area contributed by atoms with E-state index in [-0.39, 0.29) is 17.5 Å². The monoisotopic (exact) mass is 244 g/mol. The molecule has 0 radical (unpaired) electrons. The van der Waals surface area contributed by atoms with Crippen molar-refractivity contribution in [1.29, 1.82) is 0 Å². The Labute approximate surface area is 98.5 Å². The third kappa shape index (κ3) is 4.09. The zero-order valence-corrected chi connectivity index (χ0v) is 10.0. The summed E-state index contributed by atoms with van der Waals surface area (Å²) in [5.41, 5.74) is 2.70. The van der Waals surface area contributed by atoms with E-state index in [1.165, 1.54) is 12.3 Å². The first-order chi connectivity index (χ1) is 7.81. The van der Waals surface area contributed by atoms with Gasteiger partial charge in [0, 0.05) is 18.2 Å². The molecule has 0 aliphatic heterocycles. The first-order valence-corrected chi connectivity index (χ1v) is 5.22. The molecule has 1 aromatic rings. The summed E-state index contributed by atoms with van der Waals surface area (Å²) in [5.74, 6) is -3.79. The minimum Gasteiger partial charge on any atom is -0.305 e. The fourth-order valence-corrected chi connectivity index (χ4v) is 1.11. The lowest BCUT2D eigenvalue weighted by molar-refractivity contribution is 0.439. The van der Waals surface area contributed by atoms with Crippen LogP contribution in [-0.4, -0.2) is 11.8 Å². The lowest BCUT2D eigenvalue weighted by atomic mass is 10.1. The van der Waals surface area contributed by atoms with Crippen molar-refractivity contribution in [2.75, 3.05) is 0 Å². The van der Waals surface area contributed by atoms with E-state index in [0.29, 0.717) is 0 Å². The van der Waals surface area contributed by atoms with E-state index in [1.807, 2.05) is 20.8 Å². The summed E-state index contributed by atoms with van der Waals surface area (Å²) in [4.78, 5) is 0. The van der Waals surface area contributed by atoms with Gasteiger partial charge >= 0.3 is 0 Å². The van der Waals surface area contributed by atoms with Crippen molar-refractivity contribution >= 4 is 6.21 Å². The van der Waals surface area contributed by atoms with Gasteiger partial charge in [0.05, 0.1) is 0 Å². The van der Waals surface area contributed by atoms with Gasteiger partial charge in [-0.1, -0.05) is 6.07 Å². The van der Waals surface area contributed by atoms with Gasteiger partial charge in [-0.3, -0.25) is 0 Å². The van der Waals surface area contributed by atoms with Crippen LogP contribution in [-0.2, 0) is 6.42 Å². The van der Waals surface area contributed by atoms with Crippen molar-refractivity contribution in [3.05, 3.63) is 35.1 Å². The van der Waals surface area contributed by atoms with Gasteiger partial charge < -0.3 is 5.43 Å². The van der Waals surface area contributed by atoms with Gasteiger partial charge in [-0.05, 0) is 32.4 Å². The maximum atomic E-state index is 13.2. The zero-order valence-electron chi connectivity index (χ0n) is 10.0. The summed E-state index contributed by atoms with van der Waals surface area (Å²) in [6, 6.07) is 2.11. The fraction of sp³-hybridized carbons (Fsp3) is 0.417. The number of benzene rings is 1. The molecule has 0 atom stereocenters. The van der Waals surface area contributed by atoms with Gasteiger partial charge in [0.1, 0.15) is 0 Å². The lowest BCUT2D eigenvalue weighted by Crippen LogP contribution is -2.31. The number of nitrogens with zero attached hydrogens (tertiary/aromatic N) is 1. The molecule has 0 aliphatic carbocycles. The third-order valence-corrected chi connectivity index (χ3v) is 1.92. The van der Waals surface area contributed by atoms with Gasteiger partial charge in [0.2, 0.25) is 0 Å². The molecule has 0 saturated heterocycles. The molecule has 0 spiro atoms. The lowest BCUT2D eigenvalue weighted by Gasteiger charge is -2.16. The highest BCUT2D eigenvalue weighted by Gasteiger charge is 2.12. The predicted octanol–water partition coefficient (Wildman–Crippen LogP) is 3.02. The highest BCUT2D eigenvalue weighted by molar-refractivity contribution is 5.61. The predicted molar refractivity (Wildman–Crippen MR) is 61.4 cm³/mol. The van der Waals surface area contributed by atoms with Crippen LogP contribution in [0.5, 0.6) is 0 Å².